The number of esters is 1. The maximum absolute atomic E-state index is 10.1. The predicted molar refractivity (Wildman–Crippen MR) is 191 cm³/mol. The largest absolute Gasteiger partial charge is 0.466 e. The average Bonchev–Trinajstić information content (AvgIpc) is 2.99. The van der Waals surface area contributed by atoms with Gasteiger partial charge in [0.1, 0.15) is 0 Å². The molecule has 0 atom stereocenters. The van der Waals surface area contributed by atoms with Crippen molar-refractivity contribution in [3.63, 3.8) is 0 Å². The first-order valence-corrected chi connectivity index (χ1v) is 18.8. The van der Waals surface area contributed by atoms with E-state index in [4.69, 9.17) is 10.2 Å². The lowest BCUT2D eigenvalue weighted by molar-refractivity contribution is -0.141. The lowest BCUT2D eigenvalue weighted by atomic mass is 10.1. The van der Waals surface area contributed by atoms with E-state index in [0.29, 0.717) is 19.8 Å². The lowest BCUT2D eigenvalue weighted by Gasteiger charge is -1.98. The van der Waals surface area contributed by atoms with Crippen LogP contribution in [-0.4, -0.2) is 36.0 Å². The standard InChI is InChI=1S/C10H22O.C8H18O.C8H18.C6H12O2.C6H14/c1-2-3-4-5-6-7-8-9-10-11;1-2-3-4-5-6-7-8-9;1-3-5-7-8-6-4-2;1-3-4-5-8-6(2)7;1-3-5-6-4-2/h11H,2-10H2,1H3;9H,2-8H2,1H3;3-8H2,1-2H3;3-5H2,1-2H3;3-6H2,1-2H3. The molecule has 0 bridgehead atoms. The first-order chi connectivity index (χ1) is 20.4. The molecule has 42 heavy (non-hydrogen) atoms. The summed E-state index contributed by atoms with van der Waals surface area (Å²) in [6.07, 6.45) is 33.9. The Morgan fingerprint density at radius 3 is 0.810 bits per heavy atom. The van der Waals surface area contributed by atoms with E-state index in [1.54, 1.807) is 0 Å². The van der Waals surface area contributed by atoms with Crippen molar-refractivity contribution in [1.29, 1.82) is 0 Å². The van der Waals surface area contributed by atoms with Crippen LogP contribution in [0.25, 0.3) is 0 Å². The highest BCUT2D eigenvalue weighted by Crippen LogP contribution is 2.08. The number of aliphatic hydroxyl groups excluding tert-OH is 2. The van der Waals surface area contributed by atoms with Crippen molar-refractivity contribution in [3.05, 3.63) is 0 Å². The highest BCUT2D eigenvalue weighted by Gasteiger charge is 1.90. The zero-order chi connectivity index (χ0) is 32.8. The van der Waals surface area contributed by atoms with Gasteiger partial charge in [0.25, 0.3) is 0 Å². The fraction of sp³-hybridized carbons (Fsp3) is 0.974. The Kier molecular flexibility index (Phi) is 72.5. The van der Waals surface area contributed by atoms with Gasteiger partial charge in [-0.3, -0.25) is 4.79 Å². The first kappa shape index (κ1) is 51.0. The highest BCUT2D eigenvalue weighted by atomic mass is 16.5. The van der Waals surface area contributed by atoms with Crippen molar-refractivity contribution in [1.82, 2.24) is 0 Å². The van der Waals surface area contributed by atoms with Crippen LogP contribution in [0.15, 0.2) is 0 Å². The third kappa shape index (κ3) is 83.4. The van der Waals surface area contributed by atoms with Crippen LogP contribution in [0.5, 0.6) is 0 Å². The monoisotopic (exact) mass is 605 g/mol. The van der Waals surface area contributed by atoms with Crippen LogP contribution in [0.4, 0.5) is 0 Å². The fourth-order valence-corrected chi connectivity index (χ4v) is 3.85. The van der Waals surface area contributed by atoms with Gasteiger partial charge in [-0.05, 0) is 19.3 Å². The Balaban J connectivity index is -0.000000138. The molecule has 0 aliphatic rings. The van der Waals surface area contributed by atoms with E-state index >= 15 is 0 Å². The zero-order valence-corrected chi connectivity index (χ0v) is 30.7. The molecule has 0 aromatic heterocycles. The summed E-state index contributed by atoms with van der Waals surface area (Å²) in [6.45, 7) is 18.2. The number of carbonyl (C=O) groups excluding carboxylic acids is 1. The molecule has 0 rings (SSSR count). The minimum atomic E-state index is -0.182. The van der Waals surface area contributed by atoms with Crippen molar-refractivity contribution in [3.8, 4) is 0 Å². The summed E-state index contributed by atoms with van der Waals surface area (Å²) >= 11 is 0. The minimum absolute atomic E-state index is 0.182. The summed E-state index contributed by atoms with van der Waals surface area (Å²) in [4.78, 5) is 10.1. The molecule has 4 nitrogen and oxygen atoms in total. The minimum Gasteiger partial charge on any atom is -0.466 e. The Hall–Kier alpha value is -0.610. The molecule has 0 aliphatic heterocycles. The number of hydrogen-bond donors (Lipinski definition) is 2. The molecule has 0 aromatic carbocycles. The summed E-state index contributed by atoms with van der Waals surface area (Å²) in [5.41, 5.74) is 0. The van der Waals surface area contributed by atoms with Gasteiger partial charge in [0, 0.05) is 20.1 Å². The predicted octanol–water partition coefficient (Wildman–Crippen LogP) is 12.8. The lowest BCUT2D eigenvalue weighted by Crippen LogP contribution is -1.99. The van der Waals surface area contributed by atoms with Gasteiger partial charge in [-0.25, -0.2) is 0 Å². The van der Waals surface area contributed by atoms with E-state index in [1.165, 1.54) is 148 Å². The van der Waals surface area contributed by atoms with E-state index in [2.05, 4.69) is 53.2 Å². The van der Waals surface area contributed by atoms with Crippen LogP contribution >= 0.6 is 0 Å². The topological polar surface area (TPSA) is 66.8 Å². The van der Waals surface area contributed by atoms with Crippen LogP contribution in [0, 0.1) is 0 Å². The van der Waals surface area contributed by atoms with Crippen molar-refractivity contribution < 1.29 is 19.7 Å². The Morgan fingerprint density at radius 2 is 0.595 bits per heavy atom. The average molecular weight is 605 g/mol. The second-order valence-corrected chi connectivity index (χ2v) is 11.5. The SMILES string of the molecule is CCCCCC.CCCCCCCC.CCCCCCCCCCO.CCCCCCCCO.CCCCOC(C)=O. The molecule has 0 saturated heterocycles. The molecule has 260 valence electrons. The quantitative estimate of drug-likeness (QED) is 0.0803. The summed E-state index contributed by atoms with van der Waals surface area (Å²) in [5.74, 6) is -0.182. The van der Waals surface area contributed by atoms with E-state index in [1.807, 2.05) is 0 Å². The van der Waals surface area contributed by atoms with E-state index in [0.717, 1.165) is 25.7 Å². The van der Waals surface area contributed by atoms with Crippen LogP contribution in [0.2, 0.25) is 0 Å². The molecule has 0 spiro atoms. The number of unbranched alkanes of at least 4 members (excludes halogenated alkanes) is 21. The Labute approximate surface area is 267 Å². The van der Waals surface area contributed by atoms with Gasteiger partial charge in [-0.15, -0.1) is 0 Å². The smallest absolute Gasteiger partial charge is 0.302 e. The molecule has 2 N–H and O–H groups in total. The van der Waals surface area contributed by atoms with Crippen molar-refractivity contribution >= 4 is 5.97 Å². The van der Waals surface area contributed by atoms with Crippen LogP contribution in [-0.2, 0) is 9.53 Å². The normalized spacial score (nSPS) is 9.67. The molecule has 0 aliphatic carbocycles. The van der Waals surface area contributed by atoms with Crippen LogP contribution < -0.4 is 0 Å². The Morgan fingerprint density at radius 1 is 0.381 bits per heavy atom. The fourth-order valence-electron chi connectivity index (χ4n) is 3.85. The summed E-state index contributed by atoms with van der Waals surface area (Å²) in [6, 6.07) is 0. The van der Waals surface area contributed by atoms with Crippen LogP contribution in [0.3, 0.4) is 0 Å². The summed E-state index contributed by atoms with van der Waals surface area (Å²) in [5, 5.41) is 16.9. The molecule has 0 aromatic rings. The third-order valence-corrected chi connectivity index (χ3v) is 6.74. The molecule has 0 fully saturated rings. The van der Waals surface area contributed by atoms with Gasteiger partial charge < -0.3 is 14.9 Å². The molecular weight excluding hydrogens is 520 g/mol. The van der Waals surface area contributed by atoms with Gasteiger partial charge in [-0.2, -0.15) is 0 Å². The van der Waals surface area contributed by atoms with Gasteiger partial charge in [0.05, 0.1) is 6.61 Å². The van der Waals surface area contributed by atoms with E-state index < -0.39 is 0 Å². The van der Waals surface area contributed by atoms with Crippen molar-refractivity contribution in [2.24, 2.45) is 0 Å². The number of hydrogen-bond acceptors (Lipinski definition) is 4. The molecule has 0 saturated carbocycles. The first-order valence-electron chi connectivity index (χ1n) is 18.8. The summed E-state index contributed by atoms with van der Waals surface area (Å²) < 4.78 is 4.64. The zero-order valence-electron chi connectivity index (χ0n) is 30.7. The molecule has 0 heterocycles. The van der Waals surface area contributed by atoms with Crippen molar-refractivity contribution in [2.45, 2.75) is 222 Å². The van der Waals surface area contributed by atoms with E-state index in [-0.39, 0.29) is 5.97 Å². The van der Waals surface area contributed by atoms with Gasteiger partial charge in [0.15, 0.2) is 0 Å². The number of rotatable bonds is 25. The van der Waals surface area contributed by atoms with E-state index in [9.17, 15) is 4.79 Å². The second-order valence-electron chi connectivity index (χ2n) is 11.5. The van der Waals surface area contributed by atoms with Gasteiger partial charge >= 0.3 is 5.97 Å². The number of ether oxygens (including phenoxy) is 1. The Bertz CT molecular complexity index is 363. The molecular formula is C38H84O4. The van der Waals surface area contributed by atoms with Crippen molar-refractivity contribution in [2.75, 3.05) is 19.8 Å². The number of aliphatic hydroxyl groups is 2. The molecule has 0 unspecified atom stereocenters. The maximum Gasteiger partial charge on any atom is 0.302 e. The van der Waals surface area contributed by atoms with Gasteiger partial charge in [-0.1, -0.05) is 196 Å². The third-order valence-electron chi connectivity index (χ3n) is 6.74. The maximum atomic E-state index is 10.1. The van der Waals surface area contributed by atoms with Crippen LogP contribution in [0.1, 0.15) is 222 Å². The summed E-state index contributed by atoms with van der Waals surface area (Å²) in [7, 11) is 0. The second kappa shape index (κ2) is 59.7. The number of carbonyl (C=O) groups is 1. The van der Waals surface area contributed by atoms with Gasteiger partial charge in [0.2, 0.25) is 0 Å². The molecule has 0 radical (unpaired) electrons. The molecule has 4 heteroatoms. The highest BCUT2D eigenvalue weighted by molar-refractivity contribution is 5.65. The molecule has 0 amide bonds.